The van der Waals surface area contributed by atoms with Crippen molar-refractivity contribution in [2.24, 2.45) is 0 Å². The van der Waals surface area contributed by atoms with E-state index in [1.807, 2.05) is 32.9 Å². The fourth-order valence-electron chi connectivity index (χ4n) is 2.08. The second-order valence-electron chi connectivity index (χ2n) is 5.73. The van der Waals surface area contributed by atoms with Gasteiger partial charge in [0.05, 0.1) is 4.90 Å². The van der Waals surface area contributed by atoms with Gasteiger partial charge >= 0.3 is 0 Å². The van der Waals surface area contributed by atoms with Crippen LogP contribution in [0, 0.1) is 0 Å². The zero-order chi connectivity index (χ0) is 13.6. The Hall–Kier alpha value is -0.520. The van der Waals surface area contributed by atoms with Crippen molar-refractivity contribution >= 4 is 21.8 Å². The monoisotopic (exact) mass is 285 g/mol. The van der Waals surface area contributed by atoms with E-state index in [0.29, 0.717) is 10.1 Å². The third-order valence-corrected chi connectivity index (χ3v) is 5.83. The predicted molar refractivity (Wildman–Crippen MR) is 75.5 cm³/mol. The zero-order valence-corrected chi connectivity index (χ0v) is 12.8. The van der Waals surface area contributed by atoms with Crippen molar-refractivity contribution < 1.29 is 8.42 Å². The molecule has 5 heteroatoms. The molecule has 1 N–H and O–H groups in total. The number of sulfonamides is 1. The maximum absolute atomic E-state index is 12.4. The molecule has 1 heterocycles. The predicted octanol–water partition coefficient (Wildman–Crippen LogP) is 2.80. The van der Waals surface area contributed by atoms with Gasteiger partial charge in [-0.15, -0.1) is 11.8 Å². The van der Waals surface area contributed by atoms with Crippen LogP contribution in [0.25, 0.3) is 0 Å². The zero-order valence-electron chi connectivity index (χ0n) is 11.1. The highest BCUT2D eigenvalue weighted by atomic mass is 32.2. The molecule has 1 unspecified atom stereocenters. The molecule has 0 saturated carbocycles. The van der Waals surface area contributed by atoms with E-state index in [1.165, 1.54) is 0 Å². The number of hydrogen-bond acceptors (Lipinski definition) is 3. The van der Waals surface area contributed by atoms with Gasteiger partial charge in [0.1, 0.15) is 0 Å². The standard InChI is InChI=1S/C13H19NO2S2/c1-9-8-10-6-5-7-11(12(10)17-9)18(15,16)14-13(2,3)4/h5-7,9,14H,8H2,1-4H3. The van der Waals surface area contributed by atoms with Crippen molar-refractivity contribution in [3.8, 4) is 0 Å². The van der Waals surface area contributed by atoms with E-state index >= 15 is 0 Å². The van der Waals surface area contributed by atoms with Gasteiger partial charge in [-0.05, 0) is 38.8 Å². The third kappa shape index (κ3) is 2.90. The van der Waals surface area contributed by atoms with Crippen LogP contribution in [0.3, 0.4) is 0 Å². The summed E-state index contributed by atoms with van der Waals surface area (Å²) in [5.41, 5.74) is 0.681. The molecular formula is C13H19NO2S2. The molecule has 0 fully saturated rings. The van der Waals surface area contributed by atoms with E-state index in [1.54, 1.807) is 17.8 Å². The molecule has 100 valence electrons. The highest BCUT2D eigenvalue weighted by molar-refractivity contribution is 8.01. The van der Waals surface area contributed by atoms with Gasteiger partial charge in [-0.3, -0.25) is 0 Å². The van der Waals surface area contributed by atoms with E-state index in [4.69, 9.17) is 0 Å². The number of fused-ring (bicyclic) bond motifs is 1. The summed E-state index contributed by atoms with van der Waals surface area (Å²) in [7, 11) is -3.44. The first-order chi connectivity index (χ1) is 8.19. The van der Waals surface area contributed by atoms with Crippen LogP contribution in [-0.2, 0) is 16.4 Å². The van der Waals surface area contributed by atoms with Gasteiger partial charge in [0, 0.05) is 15.7 Å². The summed E-state index contributed by atoms with van der Waals surface area (Å²) >= 11 is 1.65. The van der Waals surface area contributed by atoms with E-state index in [9.17, 15) is 8.42 Å². The lowest BCUT2D eigenvalue weighted by Gasteiger charge is -2.21. The average Bonchev–Trinajstić information content (AvgIpc) is 2.52. The van der Waals surface area contributed by atoms with Crippen LogP contribution in [0.4, 0.5) is 0 Å². The molecule has 1 aliphatic rings. The van der Waals surface area contributed by atoms with Crippen LogP contribution in [0.1, 0.15) is 33.3 Å². The highest BCUT2D eigenvalue weighted by Gasteiger charge is 2.29. The highest BCUT2D eigenvalue weighted by Crippen LogP contribution is 2.40. The lowest BCUT2D eigenvalue weighted by atomic mass is 10.1. The SMILES string of the molecule is CC1Cc2cccc(S(=O)(=O)NC(C)(C)C)c2S1. The van der Waals surface area contributed by atoms with E-state index < -0.39 is 15.6 Å². The maximum atomic E-state index is 12.4. The van der Waals surface area contributed by atoms with Gasteiger partial charge in [0.25, 0.3) is 0 Å². The molecule has 18 heavy (non-hydrogen) atoms. The quantitative estimate of drug-likeness (QED) is 0.909. The molecule has 0 spiro atoms. The minimum absolute atomic E-state index is 0.421. The van der Waals surface area contributed by atoms with Gasteiger partial charge in [-0.2, -0.15) is 0 Å². The second-order valence-corrected chi connectivity index (χ2v) is 8.83. The first-order valence-electron chi connectivity index (χ1n) is 6.01. The van der Waals surface area contributed by atoms with Gasteiger partial charge in [-0.25, -0.2) is 13.1 Å². The Morgan fingerprint density at radius 3 is 2.61 bits per heavy atom. The van der Waals surface area contributed by atoms with Crippen LogP contribution in [0.5, 0.6) is 0 Å². The smallest absolute Gasteiger partial charge is 0.207 e. The molecule has 2 rings (SSSR count). The average molecular weight is 285 g/mol. The van der Waals surface area contributed by atoms with Crippen molar-refractivity contribution in [3.05, 3.63) is 23.8 Å². The Morgan fingerprint density at radius 1 is 1.33 bits per heavy atom. The van der Waals surface area contributed by atoms with Crippen LogP contribution in [0.15, 0.2) is 28.0 Å². The Kier molecular flexibility index (Phi) is 3.51. The van der Waals surface area contributed by atoms with Crippen LogP contribution < -0.4 is 4.72 Å². The Labute approximate surface area is 113 Å². The summed E-state index contributed by atoms with van der Waals surface area (Å²) in [6, 6.07) is 5.54. The molecule has 1 atom stereocenters. The van der Waals surface area contributed by atoms with Crippen LogP contribution >= 0.6 is 11.8 Å². The number of thioether (sulfide) groups is 1. The van der Waals surface area contributed by atoms with Crippen molar-refractivity contribution in [2.75, 3.05) is 0 Å². The van der Waals surface area contributed by atoms with Gasteiger partial charge in [-0.1, -0.05) is 19.1 Å². The van der Waals surface area contributed by atoms with Gasteiger partial charge < -0.3 is 0 Å². The van der Waals surface area contributed by atoms with Crippen molar-refractivity contribution in [3.63, 3.8) is 0 Å². The third-order valence-electron chi connectivity index (χ3n) is 2.62. The summed E-state index contributed by atoms with van der Waals surface area (Å²) in [5.74, 6) is 0. The molecule has 0 saturated heterocycles. The fourth-order valence-corrected chi connectivity index (χ4v) is 5.25. The van der Waals surface area contributed by atoms with Crippen molar-refractivity contribution in [2.45, 2.75) is 54.7 Å². The van der Waals surface area contributed by atoms with Crippen molar-refractivity contribution in [1.29, 1.82) is 0 Å². The second kappa shape index (κ2) is 4.54. The molecule has 0 bridgehead atoms. The van der Waals surface area contributed by atoms with E-state index in [2.05, 4.69) is 11.6 Å². The Morgan fingerprint density at radius 2 is 2.00 bits per heavy atom. The molecule has 1 aromatic carbocycles. The Balaban J connectivity index is 2.45. The first kappa shape index (κ1) is 13.9. The molecular weight excluding hydrogens is 266 g/mol. The molecule has 0 aromatic heterocycles. The van der Waals surface area contributed by atoms with E-state index in [-0.39, 0.29) is 0 Å². The number of rotatable bonds is 2. The van der Waals surface area contributed by atoms with Crippen LogP contribution in [-0.4, -0.2) is 19.2 Å². The number of hydrogen-bond donors (Lipinski definition) is 1. The Bertz CT molecular complexity index is 559. The minimum atomic E-state index is -3.44. The molecule has 0 aliphatic carbocycles. The fraction of sp³-hybridized carbons (Fsp3) is 0.538. The van der Waals surface area contributed by atoms with Crippen LogP contribution in [0.2, 0.25) is 0 Å². The molecule has 3 nitrogen and oxygen atoms in total. The molecule has 1 aliphatic heterocycles. The van der Waals surface area contributed by atoms with Gasteiger partial charge in [0.15, 0.2) is 0 Å². The lowest BCUT2D eigenvalue weighted by Crippen LogP contribution is -2.40. The maximum Gasteiger partial charge on any atom is 0.242 e. The molecule has 1 aromatic rings. The molecule has 0 radical (unpaired) electrons. The van der Waals surface area contributed by atoms with E-state index in [0.717, 1.165) is 16.9 Å². The summed E-state index contributed by atoms with van der Waals surface area (Å²) in [4.78, 5) is 1.34. The lowest BCUT2D eigenvalue weighted by molar-refractivity contribution is 0.490. The normalized spacial score (nSPS) is 19.9. The summed E-state index contributed by atoms with van der Waals surface area (Å²) in [6.45, 7) is 7.68. The first-order valence-corrected chi connectivity index (χ1v) is 8.38. The summed E-state index contributed by atoms with van der Waals surface area (Å²) in [6.07, 6.45) is 0.943. The largest absolute Gasteiger partial charge is 0.242 e. The summed E-state index contributed by atoms with van der Waals surface area (Å²) in [5, 5.41) is 0.450. The van der Waals surface area contributed by atoms with Crippen molar-refractivity contribution in [1.82, 2.24) is 4.72 Å². The topological polar surface area (TPSA) is 46.2 Å². The molecule has 0 amide bonds. The van der Waals surface area contributed by atoms with Gasteiger partial charge in [0.2, 0.25) is 10.0 Å². The minimum Gasteiger partial charge on any atom is -0.207 e. The number of benzene rings is 1. The summed E-state index contributed by atoms with van der Waals surface area (Å²) < 4.78 is 27.5. The number of nitrogens with one attached hydrogen (secondary N) is 1.